The molecule has 2 amide bonds. The number of fused-ring (bicyclic) bond motifs is 6. The Labute approximate surface area is 342 Å². The lowest BCUT2D eigenvalue weighted by molar-refractivity contribution is -0.274. The van der Waals surface area contributed by atoms with Crippen LogP contribution in [-0.2, 0) is 11.3 Å². The fraction of sp³-hybridized carbons (Fsp3) is 0.225. The number of aromatic nitrogens is 6. The van der Waals surface area contributed by atoms with Crippen LogP contribution in [0.4, 0.5) is 13.2 Å². The van der Waals surface area contributed by atoms with Crippen molar-refractivity contribution in [1.82, 2.24) is 40.0 Å². The first-order valence-corrected chi connectivity index (χ1v) is 20.2. The molecule has 8 rings (SSSR count). The molecule has 1 aliphatic rings. The zero-order chi connectivity index (χ0) is 40.7. The summed E-state index contributed by atoms with van der Waals surface area (Å²) in [6.07, 6.45) is -4.92. The normalized spacial score (nSPS) is 13.8. The first-order chi connectivity index (χ1) is 27.8. The van der Waals surface area contributed by atoms with E-state index < -0.39 is 24.1 Å². The lowest BCUT2D eigenvalue weighted by atomic mass is 9.99. The summed E-state index contributed by atoms with van der Waals surface area (Å²) >= 11 is 9.27. The summed E-state index contributed by atoms with van der Waals surface area (Å²) in [6.45, 7) is 6.27. The number of alkyl halides is 3. The van der Waals surface area contributed by atoms with E-state index in [9.17, 15) is 22.8 Å². The molecule has 0 spiro atoms. The molecule has 0 saturated carbocycles. The zero-order valence-electron chi connectivity index (χ0n) is 31.1. The molecule has 0 radical (unpaired) electrons. The number of halogens is 4. The number of rotatable bonds is 11. The van der Waals surface area contributed by atoms with E-state index in [1.165, 1.54) is 30.0 Å². The Morgan fingerprint density at radius 3 is 2.53 bits per heavy atom. The Morgan fingerprint density at radius 1 is 0.983 bits per heavy atom. The van der Waals surface area contributed by atoms with Crippen LogP contribution in [0.15, 0.2) is 89.0 Å². The molecule has 0 aliphatic carbocycles. The molecule has 58 heavy (non-hydrogen) atoms. The molecule has 12 nitrogen and oxygen atoms in total. The number of thioether (sulfide) groups is 1. The predicted molar refractivity (Wildman–Crippen MR) is 216 cm³/mol. The van der Waals surface area contributed by atoms with Gasteiger partial charge in [-0.15, -0.1) is 34.7 Å². The number of hydrogen-bond acceptors (Lipinski definition) is 10. The third-order valence-electron chi connectivity index (χ3n) is 9.52. The van der Waals surface area contributed by atoms with Crippen molar-refractivity contribution in [2.24, 2.45) is 4.99 Å². The summed E-state index contributed by atoms with van der Waals surface area (Å²) in [5.74, 6) is 0.160. The SMILES string of the molecule is Cc1sc2c(c1C)C(c1ccc(Cl)cc1)=N[C@@H](CC(=O)NCCSc1nc3ccccc3c3cc(CNC(=O)c4ccccc4OC(F)(F)F)nn13)c1nnc(C)n1-2. The monoisotopic (exact) mass is 843 g/mol. The molecule has 0 saturated heterocycles. The molecule has 4 aromatic heterocycles. The summed E-state index contributed by atoms with van der Waals surface area (Å²) in [7, 11) is 0. The standard InChI is InChI=1S/C40H33ClF3N9O3S2/c1-21-22(2)58-38-34(21)35(24-12-14-25(41)15-13-24)47-30(36-50-49-23(3)52(36)38)19-33(54)45-16-17-57-39-48-29-10-6-4-8-27(29)31-18-26(51-53(31)39)20-46-37(55)28-9-5-7-11-32(28)56-40(42,43)44/h4-15,18,30H,16-17,19-20H2,1-3H3,(H,45,54)(H,46,55)/t30-/m0/s1. The third kappa shape index (κ3) is 7.88. The molecule has 5 heterocycles. The Hall–Kier alpha value is -5.78. The number of nitrogens with one attached hydrogen (secondary N) is 2. The second-order valence-electron chi connectivity index (χ2n) is 13.4. The van der Waals surface area contributed by atoms with Crippen LogP contribution in [0.1, 0.15) is 61.7 Å². The minimum atomic E-state index is -4.95. The number of carbonyl (C=O) groups excluding carboxylic acids is 2. The number of ether oxygens (including phenoxy) is 1. The predicted octanol–water partition coefficient (Wildman–Crippen LogP) is 8.12. The van der Waals surface area contributed by atoms with Crippen molar-refractivity contribution < 1.29 is 27.5 Å². The number of aliphatic imine (C=N–C) groups is 1. The summed E-state index contributed by atoms with van der Waals surface area (Å²) < 4.78 is 46.6. The number of para-hydroxylation sites is 2. The molecular weight excluding hydrogens is 811 g/mol. The summed E-state index contributed by atoms with van der Waals surface area (Å²) in [6, 6.07) is 21.3. The minimum Gasteiger partial charge on any atom is -0.405 e. The van der Waals surface area contributed by atoms with Crippen LogP contribution in [-0.4, -0.2) is 65.5 Å². The number of aryl methyl sites for hydroxylation is 2. The van der Waals surface area contributed by atoms with Gasteiger partial charge in [0, 0.05) is 38.7 Å². The molecule has 1 aliphatic heterocycles. The van der Waals surface area contributed by atoms with Crippen LogP contribution in [0, 0.1) is 20.8 Å². The van der Waals surface area contributed by atoms with Gasteiger partial charge in [0.15, 0.2) is 11.0 Å². The quantitative estimate of drug-likeness (QED) is 0.0756. The highest BCUT2D eigenvalue weighted by Gasteiger charge is 2.34. The van der Waals surface area contributed by atoms with E-state index in [0.29, 0.717) is 39.8 Å². The van der Waals surface area contributed by atoms with Crippen molar-refractivity contribution in [3.05, 3.63) is 128 Å². The molecule has 18 heteroatoms. The van der Waals surface area contributed by atoms with E-state index in [0.717, 1.165) is 54.8 Å². The van der Waals surface area contributed by atoms with Crippen LogP contribution in [0.5, 0.6) is 5.75 Å². The van der Waals surface area contributed by atoms with E-state index in [1.54, 1.807) is 21.9 Å². The molecule has 2 N–H and O–H groups in total. The van der Waals surface area contributed by atoms with Crippen LogP contribution in [0.2, 0.25) is 5.02 Å². The van der Waals surface area contributed by atoms with Crippen molar-refractivity contribution in [3.8, 4) is 10.8 Å². The topological polar surface area (TPSA) is 141 Å². The number of benzene rings is 3. The van der Waals surface area contributed by atoms with Crippen LogP contribution in [0.25, 0.3) is 21.4 Å². The van der Waals surface area contributed by atoms with Gasteiger partial charge in [-0.25, -0.2) is 9.50 Å². The molecule has 7 aromatic rings. The number of carbonyl (C=O) groups is 2. The molecule has 0 unspecified atom stereocenters. The Kier molecular flexibility index (Phi) is 10.7. The molecule has 1 atom stereocenters. The summed E-state index contributed by atoms with van der Waals surface area (Å²) in [4.78, 5) is 37.7. The Bertz CT molecular complexity index is 2750. The van der Waals surface area contributed by atoms with Gasteiger partial charge in [0.2, 0.25) is 5.91 Å². The Balaban J connectivity index is 0.978. The van der Waals surface area contributed by atoms with Crippen LogP contribution in [0.3, 0.4) is 0 Å². The van der Waals surface area contributed by atoms with E-state index in [2.05, 4.69) is 44.5 Å². The second kappa shape index (κ2) is 15.9. The van der Waals surface area contributed by atoms with Gasteiger partial charge in [0.25, 0.3) is 5.91 Å². The van der Waals surface area contributed by atoms with Crippen molar-refractivity contribution in [2.45, 2.75) is 51.3 Å². The fourth-order valence-corrected chi connectivity index (χ4v) is 8.88. The highest BCUT2D eigenvalue weighted by Crippen LogP contribution is 2.40. The van der Waals surface area contributed by atoms with Gasteiger partial charge >= 0.3 is 6.36 Å². The third-order valence-corrected chi connectivity index (χ3v) is 11.9. The number of thiophene rings is 1. The molecule has 0 bridgehead atoms. The van der Waals surface area contributed by atoms with Gasteiger partial charge in [-0.3, -0.25) is 19.1 Å². The van der Waals surface area contributed by atoms with Crippen molar-refractivity contribution in [3.63, 3.8) is 0 Å². The molecule has 0 fully saturated rings. The smallest absolute Gasteiger partial charge is 0.405 e. The van der Waals surface area contributed by atoms with E-state index in [1.807, 2.05) is 60.0 Å². The molecular formula is C40H33ClF3N9O3S2. The fourth-order valence-electron chi connectivity index (χ4n) is 6.73. The van der Waals surface area contributed by atoms with Gasteiger partial charge in [-0.1, -0.05) is 65.8 Å². The van der Waals surface area contributed by atoms with Crippen LogP contribution >= 0.6 is 34.7 Å². The van der Waals surface area contributed by atoms with E-state index >= 15 is 0 Å². The van der Waals surface area contributed by atoms with Crippen molar-refractivity contribution >= 4 is 68.6 Å². The first kappa shape index (κ1) is 39.1. The number of nitrogens with zero attached hydrogens (tertiary/aromatic N) is 7. The second-order valence-corrected chi connectivity index (χ2v) is 16.1. The van der Waals surface area contributed by atoms with Crippen molar-refractivity contribution in [1.29, 1.82) is 0 Å². The van der Waals surface area contributed by atoms with Crippen molar-refractivity contribution in [2.75, 3.05) is 12.3 Å². The lowest BCUT2D eigenvalue weighted by Gasteiger charge is -2.13. The highest BCUT2D eigenvalue weighted by atomic mass is 35.5. The van der Waals surface area contributed by atoms with Gasteiger partial charge in [0.05, 0.1) is 41.0 Å². The van der Waals surface area contributed by atoms with Crippen LogP contribution < -0.4 is 15.4 Å². The van der Waals surface area contributed by atoms with Gasteiger partial charge in [-0.05, 0) is 62.7 Å². The molecule has 3 aromatic carbocycles. The Morgan fingerprint density at radius 2 is 1.74 bits per heavy atom. The maximum Gasteiger partial charge on any atom is 0.573 e. The first-order valence-electron chi connectivity index (χ1n) is 18.0. The average molecular weight is 844 g/mol. The number of hydrogen-bond donors (Lipinski definition) is 2. The summed E-state index contributed by atoms with van der Waals surface area (Å²) in [5.41, 5.74) is 5.36. The maximum atomic E-state index is 13.6. The van der Waals surface area contributed by atoms with E-state index in [-0.39, 0.29) is 24.4 Å². The summed E-state index contributed by atoms with van der Waals surface area (Å²) in [5, 5.41) is 22.1. The average Bonchev–Trinajstić information content (AvgIpc) is 3.86. The van der Waals surface area contributed by atoms with E-state index in [4.69, 9.17) is 21.6 Å². The minimum absolute atomic E-state index is 0.0341. The number of amides is 2. The van der Waals surface area contributed by atoms with Gasteiger partial charge in [0.1, 0.15) is 22.6 Å². The molecule has 296 valence electrons. The largest absolute Gasteiger partial charge is 0.573 e. The van der Waals surface area contributed by atoms with Gasteiger partial charge < -0.3 is 15.4 Å². The highest BCUT2D eigenvalue weighted by molar-refractivity contribution is 7.99. The van der Waals surface area contributed by atoms with Gasteiger partial charge in [-0.2, -0.15) is 5.10 Å². The maximum absolute atomic E-state index is 13.6. The zero-order valence-corrected chi connectivity index (χ0v) is 33.5. The lowest BCUT2D eigenvalue weighted by Crippen LogP contribution is -2.27.